The molecular formula is C16H22N2O2. The number of carbonyl (C=O) groups excluding carboxylic acids is 1. The van der Waals surface area contributed by atoms with Crippen LogP contribution in [0, 0.1) is 5.92 Å². The van der Waals surface area contributed by atoms with Gasteiger partial charge in [0.2, 0.25) is 0 Å². The first-order valence-electron chi connectivity index (χ1n) is 7.53. The highest BCUT2D eigenvalue weighted by molar-refractivity contribution is 5.82. The van der Waals surface area contributed by atoms with E-state index in [1.807, 2.05) is 24.3 Å². The molecule has 4 heteroatoms. The van der Waals surface area contributed by atoms with Crippen LogP contribution in [-0.4, -0.2) is 24.6 Å². The van der Waals surface area contributed by atoms with E-state index in [1.54, 1.807) is 0 Å². The maximum Gasteiger partial charge on any atom is 0.261 e. The Labute approximate surface area is 119 Å². The quantitative estimate of drug-likeness (QED) is 0.880. The fourth-order valence-electron chi connectivity index (χ4n) is 3.28. The summed E-state index contributed by atoms with van der Waals surface area (Å²) < 4.78 is 5.74. The van der Waals surface area contributed by atoms with Crippen LogP contribution < -0.4 is 15.8 Å². The Bertz CT molecular complexity index is 464. The molecule has 1 aliphatic carbocycles. The average molecular weight is 274 g/mol. The molecule has 1 saturated carbocycles. The molecule has 4 nitrogen and oxygen atoms in total. The molecule has 2 aliphatic rings. The van der Waals surface area contributed by atoms with Gasteiger partial charge in [-0.2, -0.15) is 0 Å². The number of ether oxygens (including phenoxy) is 1. The highest BCUT2D eigenvalue weighted by Gasteiger charge is 2.32. The van der Waals surface area contributed by atoms with Gasteiger partial charge in [0.15, 0.2) is 6.10 Å². The summed E-state index contributed by atoms with van der Waals surface area (Å²) in [7, 11) is 0. The molecule has 1 aromatic carbocycles. The lowest BCUT2D eigenvalue weighted by Gasteiger charge is -2.31. The van der Waals surface area contributed by atoms with Crippen molar-refractivity contribution in [3.05, 3.63) is 29.8 Å². The van der Waals surface area contributed by atoms with Crippen LogP contribution in [0.25, 0.3) is 0 Å². The third-order valence-electron chi connectivity index (χ3n) is 4.48. The molecule has 3 rings (SSSR count). The molecule has 3 unspecified atom stereocenters. The van der Waals surface area contributed by atoms with Gasteiger partial charge in [0.25, 0.3) is 5.91 Å². The summed E-state index contributed by atoms with van der Waals surface area (Å²) in [5.41, 5.74) is 6.93. The van der Waals surface area contributed by atoms with Gasteiger partial charge in [0.1, 0.15) is 5.75 Å². The van der Waals surface area contributed by atoms with Crippen LogP contribution in [0.1, 0.15) is 31.2 Å². The molecule has 3 N–H and O–H groups in total. The van der Waals surface area contributed by atoms with Gasteiger partial charge in [-0.25, -0.2) is 0 Å². The van der Waals surface area contributed by atoms with E-state index < -0.39 is 0 Å². The molecule has 0 aromatic heterocycles. The maximum absolute atomic E-state index is 12.4. The molecular weight excluding hydrogens is 252 g/mol. The zero-order chi connectivity index (χ0) is 13.9. The first kappa shape index (κ1) is 13.4. The van der Waals surface area contributed by atoms with Crippen LogP contribution in [-0.2, 0) is 11.2 Å². The second-order valence-electron chi connectivity index (χ2n) is 5.81. The van der Waals surface area contributed by atoms with Crippen LogP contribution in [0.2, 0.25) is 0 Å². The van der Waals surface area contributed by atoms with Gasteiger partial charge in [-0.1, -0.05) is 31.0 Å². The van der Waals surface area contributed by atoms with Crippen LogP contribution in [0.3, 0.4) is 0 Å². The van der Waals surface area contributed by atoms with Gasteiger partial charge in [0.05, 0.1) is 0 Å². The lowest BCUT2D eigenvalue weighted by Crippen LogP contribution is -2.49. The third kappa shape index (κ3) is 2.66. The van der Waals surface area contributed by atoms with Crippen molar-refractivity contribution >= 4 is 5.91 Å². The number of para-hydroxylation sites is 1. The number of carbonyl (C=O) groups is 1. The molecule has 3 atom stereocenters. The fourth-order valence-corrected chi connectivity index (χ4v) is 3.28. The minimum atomic E-state index is -0.382. The van der Waals surface area contributed by atoms with Crippen molar-refractivity contribution in [3.8, 4) is 5.75 Å². The topological polar surface area (TPSA) is 64.3 Å². The molecule has 0 radical (unpaired) electrons. The van der Waals surface area contributed by atoms with Crippen molar-refractivity contribution in [2.75, 3.05) is 6.54 Å². The van der Waals surface area contributed by atoms with E-state index >= 15 is 0 Å². The van der Waals surface area contributed by atoms with Crippen molar-refractivity contribution in [2.24, 2.45) is 11.7 Å². The van der Waals surface area contributed by atoms with Crippen molar-refractivity contribution in [2.45, 2.75) is 44.2 Å². The molecule has 1 heterocycles. The predicted octanol–water partition coefficient (Wildman–Crippen LogP) is 1.62. The van der Waals surface area contributed by atoms with Crippen molar-refractivity contribution in [3.63, 3.8) is 0 Å². The average Bonchev–Trinajstić information content (AvgIpc) is 2.92. The lowest BCUT2D eigenvalue weighted by atomic mass is 9.84. The first-order chi connectivity index (χ1) is 9.78. The Morgan fingerprint density at radius 1 is 1.30 bits per heavy atom. The number of hydrogen-bond acceptors (Lipinski definition) is 3. The SMILES string of the molecule is NCC1CCCCC1NC(=O)C1Cc2ccccc2O1. The van der Waals surface area contributed by atoms with E-state index in [1.165, 1.54) is 12.8 Å². The number of amides is 1. The number of nitrogens with one attached hydrogen (secondary N) is 1. The van der Waals surface area contributed by atoms with E-state index in [9.17, 15) is 4.79 Å². The van der Waals surface area contributed by atoms with Crippen LogP contribution in [0.4, 0.5) is 0 Å². The normalized spacial score (nSPS) is 28.6. The Kier molecular flexibility index (Phi) is 3.92. The van der Waals surface area contributed by atoms with E-state index in [-0.39, 0.29) is 18.1 Å². The molecule has 0 spiro atoms. The van der Waals surface area contributed by atoms with Gasteiger partial charge < -0.3 is 15.8 Å². The minimum absolute atomic E-state index is 0.00606. The fraction of sp³-hybridized carbons (Fsp3) is 0.562. The van der Waals surface area contributed by atoms with Gasteiger partial charge in [-0.05, 0) is 36.9 Å². The van der Waals surface area contributed by atoms with E-state index in [0.29, 0.717) is 18.9 Å². The molecule has 1 aromatic rings. The van der Waals surface area contributed by atoms with Gasteiger partial charge >= 0.3 is 0 Å². The van der Waals surface area contributed by atoms with Gasteiger partial charge in [-0.3, -0.25) is 4.79 Å². The Hall–Kier alpha value is -1.55. The summed E-state index contributed by atoms with van der Waals surface area (Å²) in [5, 5.41) is 3.15. The molecule has 0 saturated heterocycles. The molecule has 108 valence electrons. The number of nitrogens with two attached hydrogens (primary N) is 1. The number of hydrogen-bond donors (Lipinski definition) is 2. The summed E-state index contributed by atoms with van der Waals surface area (Å²) in [4.78, 5) is 12.4. The summed E-state index contributed by atoms with van der Waals surface area (Å²) in [6.45, 7) is 0.650. The number of rotatable bonds is 3. The first-order valence-corrected chi connectivity index (χ1v) is 7.53. The Morgan fingerprint density at radius 2 is 2.10 bits per heavy atom. The highest BCUT2D eigenvalue weighted by Crippen LogP contribution is 2.29. The number of fused-ring (bicyclic) bond motifs is 1. The maximum atomic E-state index is 12.4. The summed E-state index contributed by atoms with van der Waals surface area (Å²) in [6.07, 6.45) is 4.84. The highest BCUT2D eigenvalue weighted by atomic mass is 16.5. The molecule has 0 bridgehead atoms. The zero-order valence-corrected chi connectivity index (χ0v) is 11.7. The monoisotopic (exact) mass is 274 g/mol. The Morgan fingerprint density at radius 3 is 2.90 bits per heavy atom. The van der Waals surface area contributed by atoms with Crippen LogP contribution in [0.15, 0.2) is 24.3 Å². The van der Waals surface area contributed by atoms with Crippen LogP contribution >= 0.6 is 0 Å². The minimum Gasteiger partial charge on any atom is -0.480 e. The van der Waals surface area contributed by atoms with E-state index in [4.69, 9.17) is 10.5 Å². The second-order valence-corrected chi connectivity index (χ2v) is 5.81. The summed E-state index contributed by atoms with van der Waals surface area (Å²) >= 11 is 0. The Balaban J connectivity index is 1.60. The lowest BCUT2D eigenvalue weighted by molar-refractivity contribution is -0.128. The standard InChI is InChI=1S/C16H22N2O2/c17-10-12-6-1-3-7-13(12)18-16(19)15-9-11-5-2-4-8-14(11)20-15/h2,4-5,8,12-13,15H,1,3,6-7,9-10,17H2,(H,18,19). The van der Waals surface area contributed by atoms with Crippen molar-refractivity contribution in [1.29, 1.82) is 0 Å². The van der Waals surface area contributed by atoms with Crippen molar-refractivity contribution in [1.82, 2.24) is 5.32 Å². The van der Waals surface area contributed by atoms with E-state index in [2.05, 4.69) is 5.32 Å². The predicted molar refractivity (Wildman–Crippen MR) is 77.5 cm³/mol. The molecule has 1 fully saturated rings. The molecule has 1 aliphatic heterocycles. The van der Waals surface area contributed by atoms with Gasteiger partial charge in [-0.15, -0.1) is 0 Å². The third-order valence-corrected chi connectivity index (χ3v) is 4.48. The largest absolute Gasteiger partial charge is 0.480 e. The smallest absolute Gasteiger partial charge is 0.261 e. The molecule has 1 amide bonds. The summed E-state index contributed by atoms with van der Waals surface area (Å²) in [6, 6.07) is 8.07. The zero-order valence-electron chi connectivity index (χ0n) is 11.7. The van der Waals surface area contributed by atoms with Gasteiger partial charge in [0, 0.05) is 12.5 Å². The second kappa shape index (κ2) is 5.83. The van der Waals surface area contributed by atoms with Crippen LogP contribution in [0.5, 0.6) is 5.75 Å². The van der Waals surface area contributed by atoms with E-state index in [0.717, 1.165) is 24.2 Å². The molecule has 20 heavy (non-hydrogen) atoms. The number of benzene rings is 1. The van der Waals surface area contributed by atoms with Crippen molar-refractivity contribution < 1.29 is 9.53 Å². The summed E-state index contributed by atoms with van der Waals surface area (Å²) in [5.74, 6) is 1.26.